The number of ether oxygens (including phenoxy) is 5. The SMILES string of the molecule is COc1ccc2c3c1OC1C(OC(=O)[C@H](C)OC(=O)[C@H](P)OC(C)=O)=CC[C@@]4(O)[C@@H](C2)N(C)CCC314. The number of carbonyl (C=O) groups excluding carboxylic acids is 3. The highest BCUT2D eigenvalue weighted by Crippen LogP contribution is 2.65. The van der Waals surface area contributed by atoms with Gasteiger partial charge in [0, 0.05) is 24.9 Å². The molecular weight excluding hydrogens is 489 g/mol. The van der Waals surface area contributed by atoms with Crippen LogP contribution in [0.5, 0.6) is 11.5 Å². The summed E-state index contributed by atoms with van der Waals surface area (Å²) in [7, 11) is 5.62. The topological polar surface area (TPSA) is 121 Å². The van der Waals surface area contributed by atoms with Gasteiger partial charge in [0.15, 0.2) is 23.7 Å². The first-order valence-corrected chi connectivity index (χ1v) is 12.5. The van der Waals surface area contributed by atoms with Crippen molar-refractivity contribution in [2.24, 2.45) is 0 Å². The van der Waals surface area contributed by atoms with E-state index in [0.29, 0.717) is 24.3 Å². The summed E-state index contributed by atoms with van der Waals surface area (Å²) in [6.45, 7) is 3.28. The lowest BCUT2D eigenvalue weighted by atomic mass is 9.50. The Morgan fingerprint density at radius 2 is 2.00 bits per heavy atom. The molecule has 0 saturated carbocycles. The number of likely N-dealkylation sites (tertiary alicyclic amines) is 1. The van der Waals surface area contributed by atoms with E-state index in [1.165, 1.54) is 6.92 Å². The minimum Gasteiger partial charge on any atom is -0.493 e. The predicted octanol–water partition coefficient (Wildman–Crippen LogP) is 1.21. The molecule has 4 aliphatic rings. The van der Waals surface area contributed by atoms with Crippen molar-refractivity contribution in [1.29, 1.82) is 0 Å². The number of carbonyl (C=O) groups is 3. The van der Waals surface area contributed by atoms with Crippen molar-refractivity contribution in [1.82, 2.24) is 4.90 Å². The molecule has 0 aromatic heterocycles. The molecule has 1 aromatic rings. The summed E-state index contributed by atoms with van der Waals surface area (Å²) < 4.78 is 27.7. The van der Waals surface area contributed by atoms with Gasteiger partial charge >= 0.3 is 17.9 Å². The van der Waals surface area contributed by atoms with E-state index in [2.05, 4.69) is 4.90 Å². The van der Waals surface area contributed by atoms with Gasteiger partial charge in [-0.15, -0.1) is 0 Å². The van der Waals surface area contributed by atoms with Crippen molar-refractivity contribution >= 4 is 27.1 Å². The minimum absolute atomic E-state index is 0.127. The Morgan fingerprint density at radius 1 is 1.25 bits per heavy atom. The lowest BCUT2D eigenvalue weighted by Crippen LogP contribution is -2.74. The molecule has 1 saturated heterocycles. The first kappa shape index (κ1) is 25.0. The molecule has 36 heavy (non-hydrogen) atoms. The zero-order chi connectivity index (χ0) is 26.0. The molecular formula is C25H30NO9P. The molecule has 11 heteroatoms. The first-order chi connectivity index (χ1) is 17.0. The van der Waals surface area contributed by atoms with Crippen LogP contribution in [0.3, 0.4) is 0 Å². The molecule has 10 nitrogen and oxygen atoms in total. The molecule has 194 valence electrons. The second-order valence-electron chi connectivity index (χ2n) is 9.82. The van der Waals surface area contributed by atoms with Gasteiger partial charge in [-0.2, -0.15) is 0 Å². The van der Waals surface area contributed by atoms with Crippen molar-refractivity contribution < 1.29 is 43.2 Å². The van der Waals surface area contributed by atoms with Gasteiger partial charge in [-0.1, -0.05) is 15.3 Å². The smallest absolute Gasteiger partial charge is 0.352 e. The lowest BCUT2D eigenvalue weighted by Gasteiger charge is -2.61. The van der Waals surface area contributed by atoms with Gasteiger partial charge < -0.3 is 33.7 Å². The van der Waals surface area contributed by atoms with Crippen LogP contribution >= 0.6 is 9.24 Å². The van der Waals surface area contributed by atoms with E-state index in [0.717, 1.165) is 24.6 Å². The molecule has 3 unspecified atom stereocenters. The number of likely N-dealkylation sites (N-methyl/N-ethyl adjacent to an activating group) is 1. The van der Waals surface area contributed by atoms with Crippen molar-refractivity contribution in [3.63, 3.8) is 0 Å². The molecule has 1 N–H and O–H groups in total. The Labute approximate surface area is 211 Å². The van der Waals surface area contributed by atoms with Gasteiger partial charge in [0.2, 0.25) is 5.85 Å². The Balaban J connectivity index is 1.45. The maximum atomic E-state index is 12.9. The molecule has 7 atom stereocenters. The number of aliphatic hydroxyl groups is 1. The van der Waals surface area contributed by atoms with E-state index < -0.39 is 47.0 Å². The van der Waals surface area contributed by atoms with E-state index in [4.69, 9.17) is 23.7 Å². The van der Waals surface area contributed by atoms with E-state index in [1.807, 2.05) is 28.4 Å². The van der Waals surface area contributed by atoms with Crippen LogP contribution in [0.1, 0.15) is 37.8 Å². The summed E-state index contributed by atoms with van der Waals surface area (Å²) in [4.78, 5) is 38.4. The summed E-state index contributed by atoms with van der Waals surface area (Å²) in [6, 6.07) is 3.75. The number of esters is 3. The van der Waals surface area contributed by atoms with E-state index in [-0.39, 0.29) is 18.2 Å². The summed E-state index contributed by atoms with van der Waals surface area (Å²) in [6.07, 6.45) is 1.23. The van der Waals surface area contributed by atoms with Gasteiger partial charge in [-0.25, -0.2) is 9.59 Å². The summed E-state index contributed by atoms with van der Waals surface area (Å²) >= 11 is 0. The average Bonchev–Trinajstić information content (AvgIpc) is 3.18. The predicted molar refractivity (Wildman–Crippen MR) is 128 cm³/mol. The van der Waals surface area contributed by atoms with E-state index in [9.17, 15) is 19.5 Å². The molecule has 0 amide bonds. The molecule has 2 aliphatic heterocycles. The number of benzene rings is 1. The maximum Gasteiger partial charge on any atom is 0.352 e. The summed E-state index contributed by atoms with van der Waals surface area (Å²) in [5.41, 5.74) is 0.0696. The molecule has 1 spiro atoms. The van der Waals surface area contributed by atoms with E-state index >= 15 is 0 Å². The molecule has 2 bridgehead atoms. The summed E-state index contributed by atoms with van der Waals surface area (Å²) in [5.74, 6) is -2.20. The van der Waals surface area contributed by atoms with Gasteiger partial charge in [-0.3, -0.25) is 4.79 Å². The Hall–Kier alpha value is -2.68. The highest BCUT2D eigenvalue weighted by atomic mass is 31.0. The van der Waals surface area contributed by atoms with Crippen LogP contribution in [0, 0.1) is 0 Å². The van der Waals surface area contributed by atoms with Crippen LogP contribution in [-0.2, 0) is 40.4 Å². The highest BCUT2D eigenvalue weighted by Gasteiger charge is 2.72. The van der Waals surface area contributed by atoms with Crippen LogP contribution in [0.2, 0.25) is 0 Å². The standard InChI is InChI=1S/C25H30NO9P/c1-12(32-22(29)23(36)33-13(2)27)21(28)34-16-7-8-25(30)17-11-14-5-6-15(31-4)19-18(14)24(25,20(16)35-19)9-10-26(17)3/h5-7,12,17,20,23,30H,8-11,36H2,1-4H3/t12-,17+,20?,23-,24?,25+/m0/s1. The van der Waals surface area contributed by atoms with Crippen LogP contribution in [0.15, 0.2) is 24.0 Å². The second-order valence-corrected chi connectivity index (χ2v) is 10.4. The fraction of sp³-hybridized carbons (Fsp3) is 0.560. The summed E-state index contributed by atoms with van der Waals surface area (Å²) in [5, 5.41) is 12.2. The van der Waals surface area contributed by atoms with E-state index in [1.54, 1.807) is 13.2 Å². The molecule has 1 aromatic carbocycles. The zero-order valence-corrected chi connectivity index (χ0v) is 21.8. The normalized spacial score (nSPS) is 31.2. The first-order valence-electron chi connectivity index (χ1n) is 11.9. The third kappa shape index (κ3) is 3.45. The molecule has 0 radical (unpaired) electrons. The van der Waals surface area contributed by atoms with Gasteiger partial charge in [-0.05, 0) is 51.1 Å². The third-order valence-electron chi connectivity index (χ3n) is 7.93. The van der Waals surface area contributed by atoms with Crippen LogP contribution < -0.4 is 9.47 Å². The maximum absolute atomic E-state index is 12.9. The van der Waals surface area contributed by atoms with Gasteiger partial charge in [0.1, 0.15) is 5.76 Å². The largest absolute Gasteiger partial charge is 0.493 e. The lowest BCUT2D eigenvalue weighted by molar-refractivity contribution is -0.178. The van der Waals surface area contributed by atoms with Crippen LogP contribution in [0.25, 0.3) is 0 Å². The Bertz CT molecular complexity index is 1170. The Morgan fingerprint density at radius 3 is 2.69 bits per heavy atom. The third-order valence-corrected chi connectivity index (χ3v) is 8.33. The quantitative estimate of drug-likeness (QED) is 0.334. The molecule has 5 rings (SSSR count). The molecule has 2 heterocycles. The zero-order valence-electron chi connectivity index (χ0n) is 20.6. The fourth-order valence-corrected chi connectivity index (χ4v) is 6.57. The molecule has 1 fully saturated rings. The number of methoxy groups -OCH3 is 1. The molecule has 2 aliphatic carbocycles. The number of hydrogen-bond donors (Lipinski definition) is 1. The van der Waals surface area contributed by atoms with Crippen LogP contribution in [0.4, 0.5) is 0 Å². The van der Waals surface area contributed by atoms with Gasteiger partial charge in [0.05, 0.1) is 18.1 Å². The monoisotopic (exact) mass is 519 g/mol. The van der Waals surface area contributed by atoms with Crippen molar-refractivity contribution in [2.45, 2.75) is 68.2 Å². The minimum atomic E-state index is -1.26. The van der Waals surface area contributed by atoms with Crippen molar-refractivity contribution in [3.8, 4) is 11.5 Å². The number of hydrogen-bond acceptors (Lipinski definition) is 10. The Kier molecular flexibility index (Phi) is 6.05. The second kappa shape index (κ2) is 8.71. The number of nitrogens with zero attached hydrogens (tertiary/aromatic N) is 1. The van der Waals surface area contributed by atoms with Crippen molar-refractivity contribution in [3.05, 3.63) is 35.1 Å². The van der Waals surface area contributed by atoms with Crippen molar-refractivity contribution in [2.75, 3.05) is 20.7 Å². The number of piperidine rings is 1. The van der Waals surface area contributed by atoms with Crippen LogP contribution in [-0.4, -0.2) is 78.3 Å². The average molecular weight is 519 g/mol. The van der Waals surface area contributed by atoms with Gasteiger partial charge in [0.25, 0.3) is 0 Å². The fourth-order valence-electron chi connectivity index (χ4n) is 6.30. The number of rotatable bonds is 6. The highest BCUT2D eigenvalue weighted by molar-refractivity contribution is 7.19.